The first-order valence-electron chi connectivity index (χ1n) is 10.0. The van der Waals surface area contributed by atoms with Gasteiger partial charge in [0, 0.05) is 0 Å². The van der Waals surface area contributed by atoms with Gasteiger partial charge in [0.25, 0.3) is 23.6 Å². The van der Waals surface area contributed by atoms with Crippen LogP contribution in [-0.2, 0) is 23.9 Å². The molecule has 34 heavy (non-hydrogen) atoms. The number of carbonyl (C=O) groups excluding carboxylic acids is 7. The van der Waals surface area contributed by atoms with E-state index in [4.69, 9.17) is 9.47 Å². The highest BCUT2D eigenvalue weighted by atomic mass is 16.6. The lowest BCUT2D eigenvalue weighted by molar-refractivity contribution is -0.153. The summed E-state index contributed by atoms with van der Waals surface area (Å²) in [5.41, 5.74) is 0.672. The quantitative estimate of drug-likeness (QED) is 0.396. The first-order valence-corrected chi connectivity index (χ1v) is 10.0. The van der Waals surface area contributed by atoms with Crippen LogP contribution in [0.1, 0.15) is 41.4 Å². The number of ether oxygens (including phenoxy) is 2. The molecule has 2 aromatic rings. The lowest BCUT2D eigenvalue weighted by Crippen LogP contribution is -2.37. The van der Waals surface area contributed by atoms with E-state index in [1.807, 2.05) is 0 Å². The van der Waals surface area contributed by atoms with Gasteiger partial charge in [-0.05, 0) is 24.3 Å². The molecule has 0 unspecified atom stereocenters. The van der Waals surface area contributed by atoms with Crippen LogP contribution >= 0.6 is 0 Å². The van der Waals surface area contributed by atoms with E-state index in [-0.39, 0.29) is 22.3 Å². The molecule has 4 amide bonds. The Bertz CT molecular complexity index is 1100. The lowest BCUT2D eigenvalue weighted by atomic mass is 10.1. The van der Waals surface area contributed by atoms with Gasteiger partial charge in [0.05, 0.1) is 22.3 Å². The molecule has 172 valence electrons. The highest BCUT2D eigenvalue weighted by Gasteiger charge is 2.37. The maximum Gasteiger partial charge on any atom is 0.326 e. The van der Waals surface area contributed by atoms with Gasteiger partial charge in [-0.1, -0.05) is 24.3 Å². The van der Waals surface area contributed by atoms with Crippen molar-refractivity contribution in [3.05, 3.63) is 70.8 Å². The zero-order valence-electron chi connectivity index (χ0n) is 17.5. The van der Waals surface area contributed by atoms with Gasteiger partial charge in [-0.15, -0.1) is 0 Å². The van der Waals surface area contributed by atoms with Crippen molar-refractivity contribution in [2.75, 3.05) is 26.3 Å². The van der Waals surface area contributed by atoms with Crippen LogP contribution in [0.15, 0.2) is 48.5 Å². The van der Waals surface area contributed by atoms with Crippen molar-refractivity contribution in [1.82, 2.24) is 9.80 Å². The molecule has 4 rings (SSSR count). The van der Waals surface area contributed by atoms with Crippen molar-refractivity contribution in [3.8, 4) is 0 Å². The largest absolute Gasteiger partial charge is 0.456 e. The molecule has 0 fully saturated rings. The average molecular weight is 464 g/mol. The topological polar surface area (TPSA) is 144 Å². The second-order valence-corrected chi connectivity index (χ2v) is 7.34. The van der Waals surface area contributed by atoms with E-state index in [0.29, 0.717) is 9.80 Å². The Morgan fingerprint density at radius 1 is 0.559 bits per heavy atom. The number of amides is 4. The molecular formula is C23H16N2O9. The molecule has 0 aromatic heterocycles. The SMILES string of the molecule is O=C(COC(=O)CN1C(=O)c2ccccc2C1=O)COC(=O)CN1C(=O)c2ccccc2C1=O. The summed E-state index contributed by atoms with van der Waals surface area (Å²) >= 11 is 0. The van der Waals surface area contributed by atoms with Crippen LogP contribution in [0.5, 0.6) is 0 Å². The highest BCUT2D eigenvalue weighted by molar-refractivity contribution is 6.23. The fraction of sp³-hybridized carbons (Fsp3) is 0.174. The Balaban J connectivity index is 1.21. The number of fused-ring (bicyclic) bond motifs is 2. The molecule has 2 aromatic carbocycles. The number of benzene rings is 2. The van der Waals surface area contributed by atoms with Gasteiger partial charge in [-0.2, -0.15) is 0 Å². The maximum absolute atomic E-state index is 12.2. The maximum atomic E-state index is 12.2. The van der Waals surface area contributed by atoms with Crippen LogP contribution in [0.3, 0.4) is 0 Å². The summed E-state index contributed by atoms with van der Waals surface area (Å²) in [5.74, 6) is -5.37. The van der Waals surface area contributed by atoms with E-state index in [2.05, 4.69) is 0 Å². The third-order valence-corrected chi connectivity index (χ3v) is 5.12. The van der Waals surface area contributed by atoms with Crippen LogP contribution in [-0.4, -0.2) is 77.5 Å². The number of carbonyl (C=O) groups is 7. The second-order valence-electron chi connectivity index (χ2n) is 7.34. The van der Waals surface area contributed by atoms with E-state index < -0.39 is 67.7 Å². The van der Waals surface area contributed by atoms with Crippen LogP contribution in [0, 0.1) is 0 Å². The van der Waals surface area contributed by atoms with Crippen molar-refractivity contribution < 1.29 is 43.0 Å². The van der Waals surface area contributed by atoms with Gasteiger partial charge in [0.1, 0.15) is 13.1 Å². The number of rotatable bonds is 8. The molecular weight excluding hydrogens is 448 g/mol. The lowest BCUT2D eigenvalue weighted by Gasteiger charge is -2.13. The van der Waals surface area contributed by atoms with Gasteiger partial charge in [0.15, 0.2) is 13.2 Å². The van der Waals surface area contributed by atoms with Gasteiger partial charge in [0.2, 0.25) is 5.78 Å². The molecule has 0 spiro atoms. The standard InChI is InChI=1S/C23H16N2O9/c26-13(11-33-18(27)9-24-20(29)14-5-1-2-6-15(14)21(24)30)12-34-19(28)10-25-22(31)16-7-3-4-8-17(16)23(25)32/h1-8H,9-12H2. The van der Waals surface area contributed by atoms with Gasteiger partial charge in [-0.25, -0.2) is 0 Å². The van der Waals surface area contributed by atoms with Crippen LogP contribution < -0.4 is 0 Å². The smallest absolute Gasteiger partial charge is 0.326 e. The molecule has 2 aliphatic rings. The fourth-order valence-electron chi connectivity index (χ4n) is 3.48. The van der Waals surface area contributed by atoms with E-state index in [9.17, 15) is 33.6 Å². The summed E-state index contributed by atoms with van der Waals surface area (Å²) in [5, 5.41) is 0. The minimum Gasteiger partial charge on any atom is -0.456 e. The first-order chi connectivity index (χ1) is 16.3. The summed E-state index contributed by atoms with van der Waals surface area (Å²) in [6.07, 6.45) is 0. The molecule has 0 saturated carbocycles. The molecule has 0 N–H and O–H groups in total. The molecule has 0 bridgehead atoms. The van der Waals surface area contributed by atoms with E-state index >= 15 is 0 Å². The summed E-state index contributed by atoms with van der Waals surface area (Å²) in [4.78, 5) is 86.2. The Morgan fingerprint density at radius 2 is 0.853 bits per heavy atom. The first kappa shape index (κ1) is 22.5. The number of nitrogens with zero attached hydrogens (tertiary/aromatic N) is 2. The van der Waals surface area contributed by atoms with Gasteiger partial charge in [-0.3, -0.25) is 43.4 Å². The zero-order chi connectivity index (χ0) is 24.4. The number of hydrogen-bond donors (Lipinski definition) is 0. The van der Waals surface area contributed by atoms with Crippen LogP contribution in [0.2, 0.25) is 0 Å². The number of esters is 2. The number of hydrogen-bond acceptors (Lipinski definition) is 9. The Kier molecular flexibility index (Phi) is 6.00. The number of Topliss-reactive ketones (excluding diaryl/α,β-unsaturated/α-hetero) is 1. The molecule has 0 saturated heterocycles. The number of ketones is 1. The molecule has 2 heterocycles. The van der Waals surface area contributed by atoms with E-state index in [0.717, 1.165) is 0 Å². The Labute approximate surface area is 191 Å². The van der Waals surface area contributed by atoms with Crippen molar-refractivity contribution >= 4 is 41.4 Å². The summed E-state index contributed by atoms with van der Waals surface area (Å²) in [6, 6.07) is 12.2. The number of imide groups is 2. The van der Waals surface area contributed by atoms with Crippen molar-refractivity contribution in [2.45, 2.75) is 0 Å². The minimum atomic E-state index is -1.000. The summed E-state index contributed by atoms with van der Waals surface area (Å²) in [6.45, 7) is -2.89. The van der Waals surface area contributed by atoms with Gasteiger partial charge < -0.3 is 9.47 Å². The average Bonchev–Trinajstić information content (AvgIpc) is 3.22. The molecule has 0 atom stereocenters. The fourth-order valence-corrected chi connectivity index (χ4v) is 3.48. The predicted molar refractivity (Wildman–Crippen MR) is 111 cm³/mol. The monoisotopic (exact) mass is 464 g/mol. The van der Waals surface area contributed by atoms with E-state index in [1.54, 1.807) is 24.3 Å². The van der Waals surface area contributed by atoms with E-state index in [1.165, 1.54) is 24.3 Å². The molecule has 11 heteroatoms. The molecule has 11 nitrogen and oxygen atoms in total. The van der Waals surface area contributed by atoms with Crippen molar-refractivity contribution in [3.63, 3.8) is 0 Å². The third-order valence-electron chi connectivity index (χ3n) is 5.12. The van der Waals surface area contributed by atoms with Crippen molar-refractivity contribution in [2.24, 2.45) is 0 Å². The third kappa shape index (κ3) is 4.18. The zero-order valence-corrected chi connectivity index (χ0v) is 17.5. The summed E-state index contributed by atoms with van der Waals surface area (Å²) in [7, 11) is 0. The van der Waals surface area contributed by atoms with Crippen LogP contribution in [0.4, 0.5) is 0 Å². The second kappa shape index (κ2) is 9.06. The Morgan fingerprint density at radius 3 is 1.15 bits per heavy atom. The van der Waals surface area contributed by atoms with Crippen molar-refractivity contribution in [1.29, 1.82) is 0 Å². The molecule has 0 aliphatic carbocycles. The summed E-state index contributed by atoms with van der Waals surface area (Å²) < 4.78 is 9.52. The van der Waals surface area contributed by atoms with Crippen LogP contribution in [0.25, 0.3) is 0 Å². The molecule has 0 radical (unpaired) electrons. The predicted octanol–water partition coefficient (Wildman–Crippen LogP) is 0.234. The van der Waals surface area contributed by atoms with Gasteiger partial charge >= 0.3 is 11.9 Å². The normalized spacial score (nSPS) is 14.2. The minimum absolute atomic E-state index is 0.168. The highest BCUT2D eigenvalue weighted by Crippen LogP contribution is 2.23. The Hall–Kier alpha value is -4.67. The molecule has 2 aliphatic heterocycles.